The molecule has 25 heavy (non-hydrogen) atoms. The molecule has 2 aromatic carbocycles. The number of hydrogen-bond acceptors (Lipinski definition) is 5. The molecule has 0 saturated carbocycles. The smallest absolute Gasteiger partial charge is 0.338 e. The van der Waals surface area contributed by atoms with E-state index in [0.29, 0.717) is 22.8 Å². The SMILES string of the molecule is C=CC(=O)Oc1ccc(-c2ccc(OC(=O)C(=C)C)c(OC)c2)cc1. The van der Waals surface area contributed by atoms with Crippen molar-refractivity contribution in [3.05, 3.63) is 67.3 Å². The van der Waals surface area contributed by atoms with Crippen molar-refractivity contribution in [3.63, 3.8) is 0 Å². The standard InChI is InChI=1S/C20H18O5/c1-5-19(21)24-16-9-6-14(7-10-16)15-8-11-17(18(12-15)23-4)25-20(22)13(2)3/h5-12H,1-2H2,3-4H3. The monoisotopic (exact) mass is 338 g/mol. The van der Waals surface area contributed by atoms with Gasteiger partial charge in [0.2, 0.25) is 0 Å². The highest BCUT2D eigenvalue weighted by Crippen LogP contribution is 2.33. The van der Waals surface area contributed by atoms with Gasteiger partial charge in [-0.15, -0.1) is 0 Å². The van der Waals surface area contributed by atoms with Gasteiger partial charge in [0, 0.05) is 11.6 Å². The molecule has 0 aliphatic heterocycles. The maximum absolute atomic E-state index is 11.7. The lowest BCUT2D eigenvalue weighted by Gasteiger charge is -2.11. The van der Waals surface area contributed by atoms with Gasteiger partial charge in [-0.3, -0.25) is 0 Å². The van der Waals surface area contributed by atoms with E-state index in [1.165, 1.54) is 7.11 Å². The fourth-order valence-corrected chi connectivity index (χ4v) is 1.99. The molecule has 0 fully saturated rings. The zero-order chi connectivity index (χ0) is 18.4. The van der Waals surface area contributed by atoms with E-state index in [9.17, 15) is 9.59 Å². The molecule has 0 N–H and O–H groups in total. The average molecular weight is 338 g/mol. The number of benzene rings is 2. The molecule has 5 heteroatoms. The highest BCUT2D eigenvalue weighted by Gasteiger charge is 2.12. The highest BCUT2D eigenvalue weighted by atomic mass is 16.6. The van der Waals surface area contributed by atoms with E-state index in [-0.39, 0.29) is 0 Å². The third-order valence-electron chi connectivity index (χ3n) is 3.29. The van der Waals surface area contributed by atoms with Crippen molar-refractivity contribution in [1.82, 2.24) is 0 Å². The minimum Gasteiger partial charge on any atom is -0.493 e. The van der Waals surface area contributed by atoms with E-state index < -0.39 is 11.9 Å². The van der Waals surface area contributed by atoms with Crippen LogP contribution in [0, 0.1) is 0 Å². The molecule has 0 saturated heterocycles. The van der Waals surface area contributed by atoms with E-state index >= 15 is 0 Å². The van der Waals surface area contributed by atoms with E-state index in [1.807, 2.05) is 0 Å². The summed E-state index contributed by atoms with van der Waals surface area (Å²) in [5.41, 5.74) is 2.04. The molecule has 5 nitrogen and oxygen atoms in total. The van der Waals surface area contributed by atoms with Crippen molar-refractivity contribution in [2.75, 3.05) is 7.11 Å². The van der Waals surface area contributed by atoms with Crippen molar-refractivity contribution in [3.8, 4) is 28.4 Å². The summed E-state index contributed by atoms with van der Waals surface area (Å²) in [6.45, 7) is 8.47. The zero-order valence-corrected chi connectivity index (χ0v) is 14.1. The minimum absolute atomic E-state index is 0.302. The quantitative estimate of drug-likeness (QED) is 0.454. The molecule has 0 radical (unpaired) electrons. The number of rotatable bonds is 6. The van der Waals surface area contributed by atoms with Crippen molar-refractivity contribution in [1.29, 1.82) is 0 Å². The summed E-state index contributed by atoms with van der Waals surface area (Å²) in [4.78, 5) is 22.8. The van der Waals surface area contributed by atoms with E-state index in [2.05, 4.69) is 13.2 Å². The summed E-state index contributed by atoms with van der Waals surface area (Å²) in [5, 5.41) is 0. The van der Waals surface area contributed by atoms with Crippen LogP contribution in [-0.4, -0.2) is 19.0 Å². The van der Waals surface area contributed by atoms with Gasteiger partial charge in [0.1, 0.15) is 5.75 Å². The Morgan fingerprint density at radius 1 is 0.960 bits per heavy atom. The van der Waals surface area contributed by atoms with Gasteiger partial charge in [-0.1, -0.05) is 31.4 Å². The lowest BCUT2D eigenvalue weighted by Crippen LogP contribution is -2.09. The van der Waals surface area contributed by atoms with E-state index in [1.54, 1.807) is 49.4 Å². The fraction of sp³-hybridized carbons (Fsp3) is 0.100. The van der Waals surface area contributed by atoms with Gasteiger partial charge in [-0.25, -0.2) is 9.59 Å². The zero-order valence-electron chi connectivity index (χ0n) is 14.1. The largest absolute Gasteiger partial charge is 0.493 e. The lowest BCUT2D eigenvalue weighted by atomic mass is 10.0. The molecule has 128 valence electrons. The molecule has 0 aliphatic carbocycles. The summed E-state index contributed by atoms with van der Waals surface area (Å²) < 4.78 is 15.6. The number of ether oxygens (including phenoxy) is 3. The number of carbonyl (C=O) groups excluding carboxylic acids is 2. The molecule has 0 aliphatic rings. The summed E-state index contributed by atoms with van der Waals surface area (Å²) in [7, 11) is 1.50. The fourth-order valence-electron chi connectivity index (χ4n) is 1.99. The van der Waals surface area contributed by atoms with E-state index in [4.69, 9.17) is 14.2 Å². The maximum atomic E-state index is 11.7. The molecule has 2 aromatic rings. The summed E-state index contributed by atoms with van der Waals surface area (Å²) in [5.74, 6) is 0.134. The van der Waals surface area contributed by atoms with Crippen LogP contribution in [0.4, 0.5) is 0 Å². The Morgan fingerprint density at radius 2 is 1.60 bits per heavy atom. The molecule has 0 atom stereocenters. The topological polar surface area (TPSA) is 61.8 Å². The first-order valence-electron chi connectivity index (χ1n) is 7.45. The number of methoxy groups -OCH3 is 1. The summed E-state index contributed by atoms with van der Waals surface area (Å²) in [6, 6.07) is 12.2. The summed E-state index contributed by atoms with van der Waals surface area (Å²) >= 11 is 0. The van der Waals surface area contributed by atoms with Gasteiger partial charge < -0.3 is 14.2 Å². The van der Waals surface area contributed by atoms with E-state index in [0.717, 1.165) is 17.2 Å². The molecule has 0 heterocycles. The molecule has 2 rings (SSSR count). The van der Waals surface area contributed by atoms with Crippen LogP contribution in [0.25, 0.3) is 11.1 Å². The highest BCUT2D eigenvalue weighted by molar-refractivity contribution is 5.89. The first-order valence-corrected chi connectivity index (χ1v) is 7.45. The third-order valence-corrected chi connectivity index (χ3v) is 3.29. The van der Waals surface area contributed by atoms with Crippen molar-refractivity contribution in [2.24, 2.45) is 0 Å². The molecule has 0 spiro atoms. The van der Waals surface area contributed by atoms with Gasteiger partial charge in [-0.05, 0) is 42.3 Å². The van der Waals surface area contributed by atoms with Crippen LogP contribution in [0.5, 0.6) is 17.2 Å². The first kappa shape index (κ1) is 18.0. The van der Waals surface area contributed by atoms with Crippen molar-refractivity contribution >= 4 is 11.9 Å². The molecule has 0 bridgehead atoms. The number of carbonyl (C=O) groups is 2. The van der Waals surface area contributed by atoms with Gasteiger partial charge >= 0.3 is 11.9 Å². The normalized spacial score (nSPS) is 9.84. The van der Waals surface area contributed by atoms with Gasteiger partial charge in [-0.2, -0.15) is 0 Å². The Bertz CT molecular complexity index is 818. The van der Waals surface area contributed by atoms with Crippen LogP contribution < -0.4 is 14.2 Å². The minimum atomic E-state index is -0.516. The van der Waals surface area contributed by atoms with Gasteiger partial charge in [0.25, 0.3) is 0 Å². The van der Waals surface area contributed by atoms with Crippen LogP contribution in [0.1, 0.15) is 6.92 Å². The Morgan fingerprint density at radius 3 is 2.16 bits per heavy atom. The Hall–Kier alpha value is -3.34. The maximum Gasteiger partial charge on any atom is 0.338 e. The second kappa shape index (κ2) is 7.97. The first-order chi connectivity index (χ1) is 11.9. The van der Waals surface area contributed by atoms with Crippen LogP contribution in [-0.2, 0) is 9.59 Å². The van der Waals surface area contributed by atoms with Gasteiger partial charge in [0.15, 0.2) is 11.5 Å². The number of hydrogen-bond donors (Lipinski definition) is 0. The van der Waals surface area contributed by atoms with Crippen LogP contribution in [0.2, 0.25) is 0 Å². The molecular weight excluding hydrogens is 320 g/mol. The van der Waals surface area contributed by atoms with Gasteiger partial charge in [0.05, 0.1) is 7.11 Å². The molecule has 0 unspecified atom stereocenters. The molecule has 0 aromatic heterocycles. The van der Waals surface area contributed by atoms with Crippen molar-refractivity contribution < 1.29 is 23.8 Å². The van der Waals surface area contributed by atoms with Crippen LogP contribution in [0.3, 0.4) is 0 Å². The summed E-state index contributed by atoms with van der Waals surface area (Å²) in [6.07, 6.45) is 1.10. The Balaban J connectivity index is 2.25. The van der Waals surface area contributed by atoms with Crippen LogP contribution in [0.15, 0.2) is 67.3 Å². The third kappa shape index (κ3) is 4.57. The van der Waals surface area contributed by atoms with Crippen molar-refractivity contribution in [2.45, 2.75) is 6.92 Å². The Labute approximate surface area is 146 Å². The lowest BCUT2D eigenvalue weighted by molar-refractivity contribution is -0.130. The molecular formula is C20H18O5. The predicted octanol–water partition coefficient (Wildman–Crippen LogP) is 3.94. The molecule has 0 amide bonds. The Kier molecular flexibility index (Phi) is 5.74. The second-order valence-electron chi connectivity index (χ2n) is 5.19. The number of esters is 2. The predicted molar refractivity (Wildman–Crippen MR) is 94.7 cm³/mol. The van der Waals surface area contributed by atoms with Crippen LogP contribution >= 0.6 is 0 Å². The second-order valence-corrected chi connectivity index (χ2v) is 5.19. The average Bonchev–Trinajstić information content (AvgIpc) is 2.62.